The Balaban J connectivity index is 1.89. The Morgan fingerprint density at radius 1 is 1.10 bits per heavy atom. The number of hydrogen-bond donors (Lipinski definition) is 0. The SMILES string of the molecule is Cc1cc(-c2nc(-c3ccc(F)c(OC(F)F)c3)n3c2CCO[C@H](C)C3)cc(C)n1. The van der Waals surface area contributed by atoms with Gasteiger partial charge in [-0.3, -0.25) is 4.98 Å². The first-order valence-electron chi connectivity index (χ1n) is 9.73. The van der Waals surface area contributed by atoms with Crippen LogP contribution in [0.15, 0.2) is 30.3 Å². The quantitative estimate of drug-likeness (QED) is 0.604. The second kappa shape index (κ2) is 8.10. The van der Waals surface area contributed by atoms with E-state index >= 15 is 0 Å². The van der Waals surface area contributed by atoms with Gasteiger partial charge in [0.05, 0.1) is 24.9 Å². The molecule has 1 aliphatic heterocycles. The van der Waals surface area contributed by atoms with Crippen molar-refractivity contribution in [1.29, 1.82) is 0 Å². The summed E-state index contributed by atoms with van der Waals surface area (Å²) < 4.78 is 51.5. The number of halogens is 3. The van der Waals surface area contributed by atoms with E-state index in [4.69, 9.17) is 9.72 Å². The second-order valence-electron chi connectivity index (χ2n) is 7.44. The van der Waals surface area contributed by atoms with E-state index in [0.717, 1.165) is 34.4 Å². The lowest BCUT2D eigenvalue weighted by atomic mass is 10.1. The van der Waals surface area contributed by atoms with Crippen molar-refractivity contribution in [3.63, 3.8) is 0 Å². The molecule has 3 aromatic rings. The van der Waals surface area contributed by atoms with Crippen LogP contribution in [0.1, 0.15) is 24.0 Å². The molecule has 158 valence electrons. The molecule has 30 heavy (non-hydrogen) atoms. The van der Waals surface area contributed by atoms with Crippen LogP contribution < -0.4 is 4.74 Å². The molecule has 0 saturated carbocycles. The van der Waals surface area contributed by atoms with Crippen molar-refractivity contribution in [2.75, 3.05) is 6.61 Å². The molecule has 0 N–H and O–H groups in total. The zero-order chi connectivity index (χ0) is 21.4. The number of aryl methyl sites for hydroxylation is 2. The van der Waals surface area contributed by atoms with E-state index in [-0.39, 0.29) is 6.10 Å². The molecule has 8 heteroatoms. The Morgan fingerprint density at radius 3 is 2.53 bits per heavy atom. The number of nitrogens with zero attached hydrogens (tertiary/aromatic N) is 3. The fourth-order valence-corrected chi connectivity index (χ4v) is 3.85. The standard InChI is InChI=1S/C22H22F3N3O2/c1-12-8-16(9-13(2)26-12)20-18-6-7-29-14(3)11-28(18)21(27-20)15-4-5-17(23)19(10-15)30-22(24)25/h4-5,8-10,14,22H,6-7,11H2,1-3H3/t14-/m1/s1. The van der Waals surface area contributed by atoms with Crippen molar-refractivity contribution in [2.45, 2.75) is 46.5 Å². The second-order valence-corrected chi connectivity index (χ2v) is 7.44. The van der Waals surface area contributed by atoms with Gasteiger partial charge in [0, 0.05) is 34.6 Å². The van der Waals surface area contributed by atoms with Gasteiger partial charge in [0.1, 0.15) is 5.82 Å². The molecule has 0 spiro atoms. The van der Waals surface area contributed by atoms with Gasteiger partial charge in [-0.15, -0.1) is 0 Å². The minimum Gasteiger partial charge on any atom is -0.432 e. The largest absolute Gasteiger partial charge is 0.432 e. The molecule has 1 aromatic carbocycles. The minimum absolute atomic E-state index is 0.0507. The summed E-state index contributed by atoms with van der Waals surface area (Å²) in [5.41, 5.74) is 4.95. The smallest absolute Gasteiger partial charge is 0.387 e. The average molecular weight is 417 g/mol. The zero-order valence-electron chi connectivity index (χ0n) is 17.0. The maximum absolute atomic E-state index is 14.0. The highest BCUT2D eigenvalue weighted by atomic mass is 19.3. The Hall–Kier alpha value is -2.87. The maximum atomic E-state index is 14.0. The summed E-state index contributed by atoms with van der Waals surface area (Å²) in [5.74, 6) is -0.794. The van der Waals surface area contributed by atoms with Gasteiger partial charge < -0.3 is 14.0 Å². The Labute approximate surface area is 172 Å². The van der Waals surface area contributed by atoms with Crippen LogP contribution in [0.3, 0.4) is 0 Å². The minimum atomic E-state index is -3.11. The molecule has 1 aliphatic rings. The molecule has 0 unspecified atom stereocenters. The summed E-state index contributed by atoms with van der Waals surface area (Å²) in [5, 5.41) is 0. The van der Waals surface area contributed by atoms with E-state index in [1.165, 1.54) is 12.1 Å². The fraction of sp³-hybridized carbons (Fsp3) is 0.364. The number of ether oxygens (including phenoxy) is 2. The number of alkyl halides is 2. The molecule has 0 saturated heterocycles. The van der Waals surface area contributed by atoms with Gasteiger partial charge in [0.25, 0.3) is 0 Å². The Kier molecular flexibility index (Phi) is 5.51. The molecule has 2 aromatic heterocycles. The number of pyridine rings is 1. The van der Waals surface area contributed by atoms with E-state index in [9.17, 15) is 13.2 Å². The molecule has 0 fully saturated rings. The first-order valence-corrected chi connectivity index (χ1v) is 9.73. The van der Waals surface area contributed by atoms with E-state index in [1.54, 1.807) is 0 Å². The van der Waals surface area contributed by atoms with Gasteiger partial charge >= 0.3 is 6.61 Å². The molecule has 4 rings (SSSR count). The van der Waals surface area contributed by atoms with Crippen LogP contribution in [-0.2, 0) is 17.7 Å². The van der Waals surface area contributed by atoms with Crippen LogP contribution in [0.5, 0.6) is 5.75 Å². The van der Waals surface area contributed by atoms with Crippen LogP contribution in [0.2, 0.25) is 0 Å². The lowest BCUT2D eigenvalue weighted by molar-refractivity contribution is -0.0521. The van der Waals surface area contributed by atoms with Crippen molar-refractivity contribution in [3.05, 3.63) is 53.2 Å². The van der Waals surface area contributed by atoms with Crippen LogP contribution in [0, 0.1) is 19.7 Å². The first-order chi connectivity index (χ1) is 14.3. The topological polar surface area (TPSA) is 49.2 Å². The van der Waals surface area contributed by atoms with E-state index in [0.29, 0.717) is 31.0 Å². The van der Waals surface area contributed by atoms with Gasteiger partial charge in [-0.05, 0) is 51.1 Å². The summed E-state index contributed by atoms with van der Waals surface area (Å²) in [7, 11) is 0. The van der Waals surface area contributed by atoms with E-state index < -0.39 is 18.2 Å². The highest BCUT2D eigenvalue weighted by Crippen LogP contribution is 2.34. The molecule has 0 amide bonds. The predicted octanol–water partition coefficient (Wildman–Crippen LogP) is 4.93. The van der Waals surface area contributed by atoms with Crippen LogP contribution in [-0.4, -0.2) is 33.9 Å². The summed E-state index contributed by atoms with van der Waals surface area (Å²) >= 11 is 0. The highest BCUT2D eigenvalue weighted by Gasteiger charge is 2.25. The van der Waals surface area contributed by atoms with Crippen LogP contribution >= 0.6 is 0 Å². The Morgan fingerprint density at radius 2 is 1.83 bits per heavy atom. The van der Waals surface area contributed by atoms with Gasteiger partial charge in [-0.25, -0.2) is 9.37 Å². The third kappa shape index (κ3) is 4.05. The lowest BCUT2D eigenvalue weighted by Crippen LogP contribution is -2.15. The summed E-state index contributed by atoms with van der Waals surface area (Å²) in [4.78, 5) is 9.28. The number of hydrogen-bond acceptors (Lipinski definition) is 4. The normalized spacial score (nSPS) is 16.4. The molecule has 5 nitrogen and oxygen atoms in total. The van der Waals surface area contributed by atoms with Crippen LogP contribution in [0.4, 0.5) is 13.2 Å². The van der Waals surface area contributed by atoms with Crippen molar-refractivity contribution in [2.24, 2.45) is 0 Å². The van der Waals surface area contributed by atoms with Crippen molar-refractivity contribution < 1.29 is 22.6 Å². The number of imidazole rings is 1. The molecule has 0 aliphatic carbocycles. The number of aromatic nitrogens is 3. The maximum Gasteiger partial charge on any atom is 0.387 e. The van der Waals surface area contributed by atoms with Gasteiger partial charge in [-0.2, -0.15) is 8.78 Å². The highest BCUT2D eigenvalue weighted by molar-refractivity contribution is 5.69. The predicted molar refractivity (Wildman–Crippen MR) is 106 cm³/mol. The van der Waals surface area contributed by atoms with E-state index in [1.807, 2.05) is 37.5 Å². The molecular weight excluding hydrogens is 395 g/mol. The number of rotatable bonds is 4. The summed E-state index contributed by atoms with van der Waals surface area (Å²) in [6.45, 7) is 3.79. The van der Waals surface area contributed by atoms with Crippen molar-refractivity contribution in [1.82, 2.24) is 14.5 Å². The number of benzene rings is 1. The Bertz CT molecular complexity index is 1060. The average Bonchev–Trinajstić information content (AvgIpc) is 2.89. The van der Waals surface area contributed by atoms with Gasteiger partial charge in [0.15, 0.2) is 11.6 Å². The lowest BCUT2D eigenvalue weighted by Gasteiger charge is -2.13. The fourth-order valence-electron chi connectivity index (χ4n) is 3.85. The molecule has 0 radical (unpaired) electrons. The monoisotopic (exact) mass is 417 g/mol. The van der Waals surface area contributed by atoms with Crippen LogP contribution in [0.25, 0.3) is 22.6 Å². The van der Waals surface area contributed by atoms with Gasteiger partial charge in [-0.1, -0.05) is 0 Å². The molecule has 0 bridgehead atoms. The van der Waals surface area contributed by atoms with Crippen molar-refractivity contribution >= 4 is 0 Å². The van der Waals surface area contributed by atoms with Gasteiger partial charge in [0.2, 0.25) is 0 Å². The number of fused-ring (bicyclic) bond motifs is 1. The molecular formula is C22H22F3N3O2. The third-order valence-corrected chi connectivity index (χ3v) is 5.01. The van der Waals surface area contributed by atoms with Crippen molar-refractivity contribution in [3.8, 4) is 28.4 Å². The molecule has 3 heterocycles. The summed E-state index contributed by atoms with van der Waals surface area (Å²) in [6.07, 6.45) is 0.597. The zero-order valence-corrected chi connectivity index (χ0v) is 17.0. The third-order valence-electron chi connectivity index (χ3n) is 5.01. The first kappa shape index (κ1) is 20.4. The summed E-state index contributed by atoms with van der Waals surface area (Å²) in [6, 6.07) is 7.83. The van der Waals surface area contributed by atoms with E-state index in [2.05, 4.69) is 9.72 Å². The molecule has 1 atom stereocenters.